The van der Waals surface area contributed by atoms with Crippen molar-refractivity contribution in [1.82, 2.24) is 4.72 Å². The lowest BCUT2D eigenvalue weighted by Crippen LogP contribution is -2.30. The molecule has 0 aromatic heterocycles. The number of halogens is 3. The minimum Gasteiger partial charge on any atom is -0.268 e. The molecule has 1 N–H and O–H groups in total. The van der Waals surface area contributed by atoms with E-state index >= 15 is 0 Å². The Bertz CT molecular complexity index is 542. The van der Waals surface area contributed by atoms with Gasteiger partial charge >= 0.3 is 0 Å². The van der Waals surface area contributed by atoms with E-state index in [-0.39, 0.29) is 0 Å². The molecule has 88 valence electrons. The average Bonchev–Trinajstić information content (AvgIpc) is 2.08. The monoisotopic (exact) mass is 577 g/mol. The smallest absolute Gasteiger partial charge is 0.265 e. The zero-order valence-electron chi connectivity index (χ0n) is 7.92. The summed E-state index contributed by atoms with van der Waals surface area (Å²) in [7, 11) is -3.52. The summed E-state index contributed by atoms with van der Waals surface area (Å²) in [5, 5.41) is 0. The van der Waals surface area contributed by atoms with Gasteiger partial charge < -0.3 is 0 Å². The van der Waals surface area contributed by atoms with Gasteiger partial charge in [0.2, 0.25) is 10.0 Å². The molecule has 0 radical (unpaired) electrons. The van der Waals surface area contributed by atoms with E-state index in [4.69, 9.17) is 0 Å². The molecule has 0 aliphatic heterocycles. The number of carbonyl (C=O) groups is 1. The minimum atomic E-state index is -3.52. The van der Waals surface area contributed by atoms with Gasteiger partial charge in [-0.3, -0.25) is 4.79 Å². The van der Waals surface area contributed by atoms with Gasteiger partial charge in [-0.2, -0.15) is 0 Å². The molecule has 0 unspecified atom stereocenters. The molecule has 0 atom stereocenters. The highest BCUT2D eigenvalue weighted by Crippen LogP contribution is 2.22. The van der Waals surface area contributed by atoms with Crippen LogP contribution in [0.1, 0.15) is 10.4 Å². The number of carbonyl (C=O) groups excluding carboxylic acids is 1. The zero-order valence-corrected chi connectivity index (χ0v) is 15.2. The lowest BCUT2D eigenvalue weighted by molar-refractivity contribution is 0.0980. The van der Waals surface area contributed by atoms with Gasteiger partial charge in [-0.15, -0.1) is 0 Å². The Morgan fingerprint density at radius 2 is 1.81 bits per heavy atom. The van der Waals surface area contributed by atoms with Crippen molar-refractivity contribution in [1.29, 1.82) is 0 Å². The van der Waals surface area contributed by atoms with E-state index in [1.807, 2.05) is 33.4 Å². The number of hydrogen-bond donors (Lipinski definition) is 1. The molecule has 16 heavy (non-hydrogen) atoms. The van der Waals surface area contributed by atoms with Crippen molar-refractivity contribution in [2.24, 2.45) is 0 Å². The Morgan fingerprint density at radius 3 is 2.31 bits per heavy atom. The highest BCUT2D eigenvalue weighted by molar-refractivity contribution is 14.1. The van der Waals surface area contributed by atoms with Gasteiger partial charge in [0, 0.05) is 10.7 Å². The summed E-state index contributed by atoms with van der Waals surface area (Å²) >= 11 is 6.21. The molecule has 8 heteroatoms. The van der Waals surface area contributed by atoms with Crippen molar-refractivity contribution in [3.8, 4) is 0 Å². The Kier molecular flexibility index (Phi) is 5.25. The average molecular weight is 577 g/mol. The van der Waals surface area contributed by atoms with Crippen LogP contribution >= 0.6 is 67.8 Å². The summed E-state index contributed by atoms with van der Waals surface area (Å²) in [6, 6.07) is 3.57. The van der Waals surface area contributed by atoms with Crippen LogP contribution in [0.15, 0.2) is 12.1 Å². The van der Waals surface area contributed by atoms with Crippen LogP contribution in [0, 0.1) is 10.7 Å². The minimum absolute atomic E-state index is 0.377. The van der Waals surface area contributed by atoms with Gasteiger partial charge in [0.05, 0.1) is 11.8 Å². The third kappa shape index (κ3) is 4.25. The standard InChI is InChI=1S/C8H6I3NO3S/c1-16(14,15)12-8(13)5-2-4(9)3-6(10)7(5)11/h2-3H,1H3,(H,12,13). The first-order chi connectivity index (χ1) is 7.20. The molecule has 1 amide bonds. The summed E-state index contributed by atoms with van der Waals surface area (Å²) in [4.78, 5) is 11.7. The van der Waals surface area contributed by atoms with Crippen molar-refractivity contribution >= 4 is 83.7 Å². The zero-order chi connectivity index (χ0) is 12.5. The normalized spacial score (nSPS) is 11.2. The first kappa shape index (κ1) is 14.9. The number of hydrogen-bond acceptors (Lipinski definition) is 3. The second-order valence-corrected chi connectivity index (χ2v) is 8.19. The fraction of sp³-hybridized carbons (Fsp3) is 0.125. The largest absolute Gasteiger partial charge is 0.268 e. The van der Waals surface area contributed by atoms with Crippen molar-refractivity contribution in [3.63, 3.8) is 0 Å². The van der Waals surface area contributed by atoms with E-state index in [0.29, 0.717) is 5.56 Å². The first-order valence-corrected chi connectivity index (χ1v) is 9.00. The third-order valence-electron chi connectivity index (χ3n) is 1.52. The summed E-state index contributed by atoms with van der Waals surface area (Å²) in [5.74, 6) is -0.594. The lowest BCUT2D eigenvalue weighted by atomic mass is 10.2. The number of rotatable bonds is 2. The molecule has 0 spiro atoms. The summed E-state index contributed by atoms with van der Waals surface area (Å²) < 4.78 is 26.4. The summed E-state index contributed by atoms with van der Waals surface area (Å²) in [6.45, 7) is 0. The van der Waals surface area contributed by atoms with Crippen LogP contribution < -0.4 is 4.72 Å². The Balaban J connectivity index is 3.19. The van der Waals surface area contributed by atoms with Gasteiger partial charge in [0.25, 0.3) is 5.91 Å². The molecule has 1 aromatic rings. The Hall–Kier alpha value is 0.830. The summed E-state index contributed by atoms with van der Waals surface area (Å²) in [6.07, 6.45) is 0.955. The van der Waals surface area contributed by atoms with E-state index in [0.717, 1.165) is 17.0 Å². The molecular weight excluding hydrogens is 571 g/mol. The molecule has 4 nitrogen and oxygen atoms in total. The van der Waals surface area contributed by atoms with Crippen LogP contribution in [-0.4, -0.2) is 20.6 Å². The molecule has 1 rings (SSSR count). The molecule has 0 heterocycles. The van der Waals surface area contributed by atoms with Crippen LogP contribution in [-0.2, 0) is 10.0 Å². The van der Waals surface area contributed by atoms with Crippen molar-refractivity contribution in [2.75, 3.05) is 6.26 Å². The van der Waals surface area contributed by atoms with E-state index in [2.05, 4.69) is 45.2 Å². The highest BCUT2D eigenvalue weighted by Gasteiger charge is 2.16. The third-order valence-corrected chi connectivity index (χ3v) is 5.74. The molecule has 0 aliphatic rings. The van der Waals surface area contributed by atoms with Gasteiger partial charge in [0.15, 0.2) is 0 Å². The van der Waals surface area contributed by atoms with Crippen LogP contribution in [0.5, 0.6) is 0 Å². The van der Waals surface area contributed by atoms with Gasteiger partial charge in [-0.1, -0.05) is 0 Å². The van der Waals surface area contributed by atoms with E-state index < -0.39 is 15.9 Å². The molecular formula is C8H6I3NO3S. The van der Waals surface area contributed by atoms with Crippen molar-refractivity contribution < 1.29 is 13.2 Å². The van der Waals surface area contributed by atoms with Gasteiger partial charge in [0.1, 0.15) is 0 Å². The van der Waals surface area contributed by atoms with E-state index in [9.17, 15) is 13.2 Å². The summed E-state index contributed by atoms with van der Waals surface area (Å²) in [5.41, 5.74) is 0.377. The molecule has 1 aromatic carbocycles. The van der Waals surface area contributed by atoms with Crippen LogP contribution in [0.3, 0.4) is 0 Å². The van der Waals surface area contributed by atoms with Crippen molar-refractivity contribution in [2.45, 2.75) is 0 Å². The van der Waals surface area contributed by atoms with Gasteiger partial charge in [-0.25, -0.2) is 13.1 Å². The first-order valence-electron chi connectivity index (χ1n) is 3.87. The quantitative estimate of drug-likeness (QED) is 0.434. The maximum Gasteiger partial charge on any atom is 0.265 e. The second-order valence-electron chi connectivity index (χ2n) is 2.95. The molecule has 0 saturated carbocycles. The number of nitrogens with one attached hydrogen (secondary N) is 1. The second kappa shape index (κ2) is 5.65. The molecule has 0 bridgehead atoms. The SMILES string of the molecule is CS(=O)(=O)NC(=O)c1cc(I)cc(I)c1I. The topological polar surface area (TPSA) is 63.2 Å². The molecule has 0 aliphatic carbocycles. The fourth-order valence-electron chi connectivity index (χ4n) is 0.945. The van der Waals surface area contributed by atoms with Gasteiger partial charge in [-0.05, 0) is 79.9 Å². The van der Waals surface area contributed by atoms with Crippen LogP contribution in [0.25, 0.3) is 0 Å². The number of sulfonamides is 1. The van der Waals surface area contributed by atoms with Crippen molar-refractivity contribution in [3.05, 3.63) is 28.4 Å². The maximum atomic E-state index is 11.7. The predicted molar refractivity (Wildman–Crippen MR) is 86.9 cm³/mol. The highest BCUT2D eigenvalue weighted by atomic mass is 127. The number of amides is 1. The van der Waals surface area contributed by atoms with Crippen LogP contribution in [0.2, 0.25) is 0 Å². The molecule has 0 fully saturated rings. The Morgan fingerprint density at radius 1 is 1.25 bits per heavy atom. The number of benzene rings is 1. The van der Waals surface area contributed by atoms with E-state index in [1.54, 1.807) is 6.07 Å². The predicted octanol–water partition coefficient (Wildman–Crippen LogP) is 2.19. The fourth-order valence-corrected chi connectivity index (χ4v) is 3.79. The Labute approximate surface area is 134 Å². The molecule has 0 saturated heterocycles. The van der Waals surface area contributed by atoms with Crippen LogP contribution in [0.4, 0.5) is 0 Å². The lowest BCUT2D eigenvalue weighted by Gasteiger charge is -2.07. The van der Waals surface area contributed by atoms with E-state index in [1.165, 1.54) is 0 Å². The maximum absolute atomic E-state index is 11.7.